The van der Waals surface area contributed by atoms with Crippen LogP contribution in [-0.4, -0.2) is 34.0 Å². The minimum Gasteiger partial charge on any atom is -0.491 e. The van der Waals surface area contributed by atoms with Gasteiger partial charge < -0.3 is 15.4 Å². The lowest BCUT2D eigenvalue weighted by atomic mass is 10.1. The van der Waals surface area contributed by atoms with E-state index in [1.165, 1.54) is 0 Å². The number of carbonyl (C=O) groups excluding carboxylic acids is 2. The quantitative estimate of drug-likeness (QED) is 0.793. The molecule has 1 aliphatic heterocycles. The van der Waals surface area contributed by atoms with Crippen LogP contribution in [0.5, 0.6) is 5.75 Å². The van der Waals surface area contributed by atoms with Gasteiger partial charge in [-0.25, -0.2) is 4.98 Å². The number of hydrogen-bond acceptors (Lipinski definition) is 6. The van der Waals surface area contributed by atoms with Crippen molar-refractivity contribution in [3.05, 3.63) is 54.2 Å². The summed E-state index contributed by atoms with van der Waals surface area (Å²) in [6.45, 7) is 2.53. The van der Waals surface area contributed by atoms with Crippen molar-refractivity contribution in [1.82, 2.24) is 10.3 Å². The predicted molar refractivity (Wildman–Crippen MR) is 97.9 cm³/mol. The van der Waals surface area contributed by atoms with Crippen LogP contribution >= 0.6 is 11.8 Å². The summed E-state index contributed by atoms with van der Waals surface area (Å²) in [6, 6.07) is 12.9. The molecule has 6 nitrogen and oxygen atoms in total. The van der Waals surface area contributed by atoms with Crippen LogP contribution in [0.25, 0.3) is 0 Å². The van der Waals surface area contributed by atoms with Crippen LogP contribution in [0.1, 0.15) is 12.5 Å². The molecule has 1 aromatic carbocycles. The average Bonchev–Trinajstić information content (AvgIpc) is 2.92. The summed E-state index contributed by atoms with van der Waals surface area (Å²) in [5.41, 5.74) is 0.980. The van der Waals surface area contributed by atoms with Crippen molar-refractivity contribution in [1.29, 1.82) is 0 Å². The first-order valence-corrected chi connectivity index (χ1v) is 8.83. The van der Waals surface area contributed by atoms with E-state index >= 15 is 0 Å². The van der Waals surface area contributed by atoms with Crippen molar-refractivity contribution in [3.63, 3.8) is 0 Å². The van der Waals surface area contributed by atoms with Gasteiger partial charge in [-0.3, -0.25) is 9.59 Å². The maximum Gasteiger partial charge on any atom is 0.287 e. The molecule has 2 atom stereocenters. The number of rotatable bonds is 7. The third kappa shape index (κ3) is 4.96. The Bertz CT molecular complexity index is 737. The summed E-state index contributed by atoms with van der Waals surface area (Å²) in [5.74, 6) is 1.57. The zero-order valence-electron chi connectivity index (χ0n) is 13.8. The molecule has 0 spiro atoms. The first-order valence-electron chi connectivity index (χ1n) is 8.01. The van der Waals surface area contributed by atoms with Crippen molar-refractivity contribution >= 4 is 27.9 Å². The van der Waals surface area contributed by atoms with Gasteiger partial charge in [-0.1, -0.05) is 18.2 Å². The Morgan fingerprint density at radius 3 is 2.68 bits per heavy atom. The number of ether oxygens (including phenoxy) is 1. The molecule has 2 aromatic rings. The minimum atomic E-state index is -0.438. The lowest BCUT2D eigenvalue weighted by molar-refractivity contribution is -0.112. The van der Waals surface area contributed by atoms with Crippen molar-refractivity contribution in [2.24, 2.45) is 0 Å². The van der Waals surface area contributed by atoms with Gasteiger partial charge in [-0.15, -0.1) is 0 Å². The topological polar surface area (TPSA) is 80.3 Å². The Kier molecular flexibility index (Phi) is 5.55. The Hall–Kier alpha value is -2.54. The number of carbonyl (C=O) groups is 2. The monoisotopic (exact) mass is 357 g/mol. The van der Waals surface area contributed by atoms with E-state index in [4.69, 9.17) is 4.74 Å². The van der Waals surface area contributed by atoms with Gasteiger partial charge >= 0.3 is 0 Å². The van der Waals surface area contributed by atoms with Crippen LogP contribution in [0, 0.1) is 0 Å². The smallest absolute Gasteiger partial charge is 0.287 e. The second-order valence-electron chi connectivity index (χ2n) is 5.82. The summed E-state index contributed by atoms with van der Waals surface area (Å²) >= 11 is 0.737. The summed E-state index contributed by atoms with van der Waals surface area (Å²) < 4.78 is 5.77. The standard InChI is InChI=1S/C18H19N3O3S/c1-12(20-16-4-2-3-9-19-16)11-24-14-7-5-13(6-8-14)10-15-17(22)25-18(23)21-15/h2-9,12,15H,10-11H2,1H3,(H,19,20)(H,21,23). The van der Waals surface area contributed by atoms with Gasteiger partial charge in [0.2, 0.25) is 5.12 Å². The van der Waals surface area contributed by atoms with Gasteiger partial charge in [-0.2, -0.15) is 0 Å². The highest BCUT2D eigenvalue weighted by molar-refractivity contribution is 8.26. The summed E-state index contributed by atoms with van der Waals surface area (Å²) in [6.07, 6.45) is 2.24. The number of pyridine rings is 1. The highest BCUT2D eigenvalue weighted by atomic mass is 32.2. The van der Waals surface area contributed by atoms with E-state index in [-0.39, 0.29) is 16.4 Å². The van der Waals surface area contributed by atoms with Crippen LogP contribution in [0.4, 0.5) is 10.6 Å². The van der Waals surface area contributed by atoms with E-state index < -0.39 is 6.04 Å². The first-order chi connectivity index (χ1) is 12.1. The lowest BCUT2D eigenvalue weighted by Gasteiger charge is -2.15. The molecule has 25 heavy (non-hydrogen) atoms. The van der Waals surface area contributed by atoms with E-state index in [1.54, 1.807) is 6.20 Å². The molecule has 0 bridgehead atoms. The van der Waals surface area contributed by atoms with Gasteiger partial charge in [0.15, 0.2) is 0 Å². The average molecular weight is 357 g/mol. The normalized spacial score (nSPS) is 17.9. The maximum atomic E-state index is 11.6. The van der Waals surface area contributed by atoms with Crippen molar-refractivity contribution in [2.45, 2.75) is 25.4 Å². The lowest BCUT2D eigenvalue weighted by Crippen LogP contribution is -2.30. The zero-order chi connectivity index (χ0) is 17.6. The number of benzene rings is 1. The van der Waals surface area contributed by atoms with Gasteiger partial charge in [0.05, 0.1) is 6.04 Å². The van der Waals surface area contributed by atoms with Gasteiger partial charge in [0, 0.05) is 24.4 Å². The Labute approximate surface area is 150 Å². The number of nitrogens with one attached hydrogen (secondary N) is 2. The number of thioether (sulfide) groups is 1. The molecule has 1 aromatic heterocycles. The number of hydrogen-bond donors (Lipinski definition) is 2. The van der Waals surface area contributed by atoms with Crippen LogP contribution in [0.3, 0.4) is 0 Å². The van der Waals surface area contributed by atoms with E-state index in [2.05, 4.69) is 15.6 Å². The van der Waals surface area contributed by atoms with Crippen LogP contribution < -0.4 is 15.4 Å². The van der Waals surface area contributed by atoms with Crippen molar-refractivity contribution in [2.75, 3.05) is 11.9 Å². The molecule has 130 valence electrons. The number of aromatic nitrogens is 1. The molecule has 1 fully saturated rings. The van der Waals surface area contributed by atoms with E-state index in [0.717, 1.165) is 28.9 Å². The molecular weight excluding hydrogens is 338 g/mol. The van der Waals surface area contributed by atoms with Crippen LogP contribution in [-0.2, 0) is 11.2 Å². The second-order valence-corrected chi connectivity index (χ2v) is 6.80. The first kappa shape index (κ1) is 17.3. The number of nitrogens with zero attached hydrogens (tertiary/aromatic N) is 1. The van der Waals surface area contributed by atoms with Gasteiger partial charge in [0.25, 0.3) is 5.24 Å². The van der Waals surface area contributed by atoms with Crippen LogP contribution in [0.2, 0.25) is 0 Å². The minimum absolute atomic E-state index is 0.109. The fourth-order valence-electron chi connectivity index (χ4n) is 2.45. The molecule has 2 unspecified atom stereocenters. The molecule has 0 saturated carbocycles. The summed E-state index contributed by atoms with van der Waals surface area (Å²) in [5, 5.41) is 5.52. The molecule has 1 amide bonds. The molecule has 0 radical (unpaired) electrons. The SMILES string of the molecule is CC(COc1ccc(CC2NC(=O)SC2=O)cc1)Nc1ccccn1. The third-order valence-corrected chi connectivity index (χ3v) is 4.48. The molecule has 2 N–H and O–H groups in total. The molecule has 3 rings (SSSR count). The fourth-order valence-corrected chi connectivity index (χ4v) is 3.12. The second kappa shape index (κ2) is 8.02. The predicted octanol–water partition coefficient (Wildman–Crippen LogP) is 2.86. The molecule has 0 aliphatic carbocycles. The Morgan fingerprint density at radius 2 is 2.04 bits per heavy atom. The largest absolute Gasteiger partial charge is 0.491 e. The number of anilines is 1. The van der Waals surface area contributed by atoms with Gasteiger partial charge in [-0.05, 0) is 36.8 Å². The molecule has 7 heteroatoms. The maximum absolute atomic E-state index is 11.6. The molecule has 2 heterocycles. The van der Waals surface area contributed by atoms with Gasteiger partial charge in [0.1, 0.15) is 24.2 Å². The Morgan fingerprint density at radius 1 is 1.24 bits per heavy atom. The highest BCUT2D eigenvalue weighted by Gasteiger charge is 2.31. The van der Waals surface area contributed by atoms with E-state index in [1.807, 2.05) is 49.4 Å². The summed E-state index contributed by atoms with van der Waals surface area (Å²) in [4.78, 5) is 27.0. The van der Waals surface area contributed by atoms with Crippen LogP contribution in [0.15, 0.2) is 48.7 Å². The van der Waals surface area contributed by atoms with E-state index in [0.29, 0.717) is 13.0 Å². The molecule has 1 aliphatic rings. The van der Waals surface area contributed by atoms with Crippen molar-refractivity contribution in [3.8, 4) is 5.75 Å². The zero-order valence-corrected chi connectivity index (χ0v) is 14.6. The third-order valence-electron chi connectivity index (χ3n) is 3.69. The molecular formula is C18H19N3O3S. The van der Waals surface area contributed by atoms with Crippen molar-refractivity contribution < 1.29 is 14.3 Å². The Balaban J connectivity index is 1.47. The number of amides is 1. The highest BCUT2D eigenvalue weighted by Crippen LogP contribution is 2.20. The molecule has 1 saturated heterocycles. The fraction of sp³-hybridized carbons (Fsp3) is 0.278. The summed E-state index contributed by atoms with van der Waals surface area (Å²) in [7, 11) is 0. The van der Waals surface area contributed by atoms with E-state index in [9.17, 15) is 9.59 Å².